The van der Waals surface area contributed by atoms with Crippen LogP contribution in [0, 0.1) is 5.41 Å². The molecule has 4 rings (SSSR count). The first-order valence-electron chi connectivity index (χ1n) is 8.26. The van der Waals surface area contributed by atoms with Crippen molar-refractivity contribution in [2.45, 2.75) is 44.1 Å². The van der Waals surface area contributed by atoms with Crippen LogP contribution in [0.25, 0.3) is 0 Å². The summed E-state index contributed by atoms with van der Waals surface area (Å²) in [5.41, 5.74) is 1.11. The fourth-order valence-corrected chi connectivity index (χ4v) is 3.88. The van der Waals surface area contributed by atoms with E-state index in [1.165, 1.54) is 13.2 Å². The van der Waals surface area contributed by atoms with E-state index in [2.05, 4.69) is 10.8 Å². The average Bonchev–Trinajstić information content (AvgIpc) is 2.60. The number of hydrogen-bond acceptors (Lipinski definition) is 4. The molecule has 23 heavy (non-hydrogen) atoms. The number of methoxy groups -OCH3 is 1. The van der Waals surface area contributed by atoms with Crippen molar-refractivity contribution in [3.05, 3.63) is 42.0 Å². The molecule has 0 unspecified atom stereocenters. The van der Waals surface area contributed by atoms with E-state index >= 15 is 0 Å². The largest absolute Gasteiger partial charge is 0.508 e. The van der Waals surface area contributed by atoms with E-state index in [4.69, 9.17) is 4.74 Å². The van der Waals surface area contributed by atoms with E-state index in [0.717, 1.165) is 50.7 Å². The van der Waals surface area contributed by atoms with Gasteiger partial charge in [-0.25, -0.2) is 4.79 Å². The minimum absolute atomic E-state index is 0.220. The van der Waals surface area contributed by atoms with Crippen LogP contribution in [0.4, 0.5) is 0 Å². The molecule has 0 spiro atoms. The van der Waals surface area contributed by atoms with Gasteiger partial charge >= 0.3 is 5.97 Å². The summed E-state index contributed by atoms with van der Waals surface area (Å²) < 4.78 is 10.9. The number of rotatable bonds is 5. The highest BCUT2D eigenvalue weighted by atomic mass is 16.5. The molecule has 1 saturated carbocycles. The molecule has 124 valence electrons. The predicted molar refractivity (Wildman–Crippen MR) is 87.0 cm³/mol. The van der Waals surface area contributed by atoms with Gasteiger partial charge in [-0.2, -0.15) is 0 Å². The number of hydrogen-bond donors (Lipinski definition) is 1. The van der Waals surface area contributed by atoms with Crippen LogP contribution in [-0.4, -0.2) is 24.8 Å². The topological polar surface area (TPSA) is 55.8 Å². The van der Waals surface area contributed by atoms with Crippen molar-refractivity contribution in [2.24, 2.45) is 5.41 Å². The van der Waals surface area contributed by atoms with E-state index in [1.807, 2.05) is 18.2 Å². The van der Waals surface area contributed by atoms with E-state index < -0.39 is 0 Å². The Morgan fingerprint density at radius 3 is 2.74 bits per heavy atom. The Morgan fingerprint density at radius 2 is 2.13 bits per heavy atom. The molecule has 2 saturated heterocycles. The van der Waals surface area contributed by atoms with Crippen LogP contribution < -0.4 is 0 Å². The molecule has 1 aromatic rings. The smallest absolute Gasteiger partial charge is 0.330 e. The number of allylic oxidation sites excluding steroid dienone is 1. The lowest BCUT2D eigenvalue weighted by molar-refractivity contribution is -0.191. The van der Waals surface area contributed by atoms with Gasteiger partial charge in [-0.1, -0.05) is 18.2 Å². The number of benzene rings is 1. The van der Waals surface area contributed by atoms with Gasteiger partial charge in [0.1, 0.15) is 5.75 Å². The molecule has 1 aromatic carbocycles. The van der Waals surface area contributed by atoms with E-state index in [-0.39, 0.29) is 17.0 Å². The maximum absolute atomic E-state index is 11.1. The van der Waals surface area contributed by atoms with Gasteiger partial charge in [0, 0.05) is 6.08 Å². The van der Waals surface area contributed by atoms with Crippen molar-refractivity contribution in [3.8, 4) is 5.75 Å². The second kappa shape index (κ2) is 6.36. The van der Waals surface area contributed by atoms with Crippen LogP contribution in [0.5, 0.6) is 5.75 Å². The quantitative estimate of drug-likeness (QED) is 0.665. The van der Waals surface area contributed by atoms with Crippen LogP contribution >= 0.6 is 0 Å². The highest BCUT2D eigenvalue weighted by molar-refractivity contribution is 5.81. The summed E-state index contributed by atoms with van der Waals surface area (Å²) in [6, 6.07) is 7.47. The van der Waals surface area contributed by atoms with E-state index in [0.29, 0.717) is 5.75 Å². The zero-order valence-corrected chi connectivity index (χ0v) is 13.6. The van der Waals surface area contributed by atoms with Crippen LogP contribution in [0.3, 0.4) is 0 Å². The Labute approximate surface area is 137 Å². The molecule has 2 heterocycles. The van der Waals surface area contributed by atoms with Crippen LogP contribution in [0.15, 0.2) is 36.4 Å². The van der Waals surface area contributed by atoms with Crippen molar-refractivity contribution in [1.29, 1.82) is 0 Å². The van der Waals surface area contributed by atoms with Crippen molar-refractivity contribution in [1.82, 2.24) is 0 Å². The zero-order chi connectivity index (χ0) is 16.3. The average molecular weight is 316 g/mol. The second-order valence-electron chi connectivity index (χ2n) is 6.80. The fourth-order valence-electron chi connectivity index (χ4n) is 3.88. The molecule has 3 fully saturated rings. The summed E-state index contributed by atoms with van der Waals surface area (Å²) in [5, 5.41) is 9.72. The SMILES string of the molecule is COC(=O)/C=C/CCC12CCC(c3cccc(O)c3)(CC1)OC2. The Bertz CT molecular complexity index is 581. The third kappa shape index (κ3) is 3.27. The lowest BCUT2D eigenvalue weighted by Crippen LogP contribution is -2.49. The predicted octanol–water partition coefficient (Wildman–Crippen LogP) is 3.69. The third-order valence-corrected chi connectivity index (χ3v) is 5.44. The first-order chi connectivity index (χ1) is 11.1. The highest BCUT2D eigenvalue weighted by Gasteiger charge is 2.50. The normalized spacial score (nSPS) is 29.8. The van der Waals surface area contributed by atoms with Gasteiger partial charge in [-0.3, -0.25) is 0 Å². The number of phenolic OH excluding ortho intramolecular Hbond substituents is 1. The van der Waals surface area contributed by atoms with Crippen LogP contribution in [-0.2, 0) is 19.9 Å². The van der Waals surface area contributed by atoms with Gasteiger partial charge in [-0.05, 0) is 61.6 Å². The van der Waals surface area contributed by atoms with Crippen LogP contribution in [0.2, 0.25) is 0 Å². The fraction of sp³-hybridized carbons (Fsp3) is 0.526. The molecular weight excluding hydrogens is 292 g/mol. The van der Waals surface area contributed by atoms with Crippen molar-refractivity contribution < 1.29 is 19.4 Å². The van der Waals surface area contributed by atoms with Crippen molar-refractivity contribution >= 4 is 5.97 Å². The van der Waals surface area contributed by atoms with E-state index in [1.54, 1.807) is 6.07 Å². The molecule has 3 aliphatic rings. The standard InChI is InChI=1S/C19H24O4/c1-22-17(21)7-2-3-8-18-9-11-19(12-10-18,23-14-18)15-5-4-6-16(20)13-15/h2,4-7,13,20H,3,8-12,14H2,1H3/b7-2+. The van der Waals surface area contributed by atoms with Gasteiger partial charge in [0.25, 0.3) is 0 Å². The Balaban J connectivity index is 1.61. The summed E-state index contributed by atoms with van der Waals surface area (Å²) >= 11 is 0. The first kappa shape index (κ1) is 16.1. The number of phenols is 1. The summed E-state index contributed by atoms with van der Waals surface area (Å²) in [5.74, 6) is 0.00442. The summed E-state index contributed by atoms with van der Waals surface area (Å²) in [4.78, 5) is 11.1. The molecule has 1 N–H and O–H groups in total. The minimum atomic E-state index is -0.297. The minimum Gasteiger partial charge on any atom is -0.508 e. The van der Waals surface area contributed by atoms with Gasteiger partial charge < -0.3 is 14.6 Å². The van der Waals surface area contributed by atoms with Gasteiger partial charge in [0.2, 0.25) is 0 Å². The Morgan fingerprint density at radius 1 is 1.35 bits per heavy atom. The number of aromatic hydroxyl groups is 1. The molecule has 4 nitrogen and oxygen atoms in total. The Hall–Kier alpha value is -1.81. The number of ether oxygens (including phenoxy) is 2. The first-order valence-corrected chi connectivity index (χ1v) is 8.26. The molecule has 2 aliphatic heterocycles. The van der Waals surface area contributed by atoms with Crippen molar-refractivity contribution in [2.75, 3.05) is 13.7 Å². The molecule has 1 aliphatic carbocycles. The third-order valence-electron chi connectivity index (χ3n) is 5.44. The van der Waals surface area contributed by atoms with Gasteiger partial charge in [0.15, 0.2) is 0 Å². The molecule has 0 amide bonds. The molecule has 0 atom stereocenters. The number of carbonyl (C=O) groups is 1. The second-order valence-corrected chi connectivity index (χ2v) is 6.80. The molecule has 0 radical (unpaired) electrons. The monoisotopic (exact) mass is 316 g/mol. The van der Waals surface area contributed by atoms with Crippen LogP contribution in [0.1, 0.15) is 44.1 Å². The molecular formula is C19H24O4. The number of fused-ring (bicyclic) bond motifs is 3. The maximum Gasteiger partial charge on any atom is 0.330 e. The lowest BCUT2D eigenvalue weighted by atomic mass is 9.62. The van der Waals surface area contributed by atoms with Gasteiger partial charge in [0.05, 0.1) is 19.3 Å². The summed E-state index contributed by atoms with van der Waals surface area (Å²) in [7, 11) is 1.39. The highest BCUT2D eigenvalue weighted by Crippen LogP contribution is 2.55. The molecule has 0 aromatic heterocycles. The Kier molecular flexibility index (Phi) is 4.44. The summed E-state index contributed by atoms with van der Waals surface area (Å²) in [6.07, 6.45) is 9.57. The maximum atomic E-state index is 11.1. The number of esters is 1. The van der Waals surface area contributed by atoms with E-state index in [9.17, 15) is 9.90 Å². The number of carbonyl (C=O) groups excluding carboxylic acids is 1. The lowest BCUT2D eigenvalue weighted by Gasteiger charge is -2.53. The zero-order valence-electron chi connectivity index (χ0n) is 13.6. The molecule has 2 bridgehead atoms. The van der Waals surface area contributed by atoms with Gasteiger partial charge in [-0.15, -0.1) is 0 Å². The summed E-state index contributed by atoms with van der Waals surface area (Å²) in [6.45, 7) is 0.759. The molecule has 4 heteroatoms. The van der Waals surface area contributed by atoms with Crippen molar-refractivity contribution in [3.63, 3.8) is 0 Å².